The van der Waals surface area contributed by atoms with E-state index in [0.29, 0.717) is 41.4 Å². The van der Waals surface area contributed by atoms with Gasteiger partial charge in [-0.3, -0.25) is 4.90 Å². The lowest BCUT2D eigenvalue weighted by atomic mass is 9.94. The van der Waals surface area contributed by atoms with Gasteiger partial charge in [0, 0.05) is 23.6 Å². The Labute approximate surface area is 199 Å². The minimum absolute atomic E-state index is 0.270. The molecule has 2 aromatic carbocycles. The van der Waals surface area contributed by atoms with Gasteiger partial charge in [-0.15, -0.1) is 0 Å². The molecule has 0 aromatic heterocycles. The number of allylic oxidation sites excluding steroid dienone is 1. The van der Waals surface area contributed by atoms with Crippen LogP contribution in [0.3, 0.4) is 0 Å². The number of rotatable bonds is 8. The SMILES string of the molecule is CCCN1C(=O)NC(c2ccc(NC(=O)Nc3ccc(OCC)cc3)cc2)C(C(=O)OC)=C1C. The van der Waals surface area contributed by atoms with E-state index in [1.165, 1.54) is 7.11 Å². The van der Waals surface area contributed by atoms with E-state index < -0.39 is 18.0 Å². The summed E-state index contributed by atoms with van der Waals surface area (Å²) in [5.41, 5.74) is 2.83. The lowest BCUT2D eigenvalue weighted by Gasteiger charge is -2.35. The van der Waals surface area contributed by atoms with Crippen LogP contribution in [0.1, 0.15) is 38.8 Å². The molecule has 2 aromatic rings. The van der Waals surface area contributed by atoms with Crippen LogP contribution in [0.2, 0.25) is 0 Å². The van der Waals surface area contributed by atoms with Gasteiger partial charge in [0.25, 0.3) is 0 Å². The predicted molar refractivity (Wildman–Crippen MR) is 130 cm³/mol. The average Bonchev–Trinajstić information content (AvgIpc) is 2.83. The second kappa shape index (κ2) is 11.2. The number of carbonyl (C=O) groups is 3. The van der Waals surface area contributed by atoms with E-state index in [0.717, 1.165) is 12.2 Å². The normalized spacial score (nSPS) is 15.5. The summed E-state index contributed by atoms with van der Waals surface area (Å²) in [4.78, 5) is 39.1. The number of ether oxygens (including phenoxy) is 2. The van der Waals surface area contributed by atoms with Gasteiger partial charge >= 0.3 is 18.0 Å². The Bertz CT molecular complexity index is 1060. The molecule has 0 bridgehead atoms. The Kier molecular flexibility index (Phi) is 8.13. The van der Waals surface area contributed by atoms with Gasteiger partial charge in [0.15, 0.2) is 0 Å². The highest BCUT2D eigenvalue weighted by Gasteiger charge is 2.35. The molecule has 180 valence electrons. The van der Waals surface area contributed by atoms with Crippen LogP contribution >= 0.6 is 0 Å². The van der Waals surface area contributed by atoms with E-state index in [1.54, 1.807) is 60.4 Å². The molecule has 9 heteroatoms. The van der Waals surface area contributed by atoms with Crippen molar-refractivity contribution >= 4 is 29.4 Å². The smallest absolute Gasteiger partial charge is 0.337 e. The fourth-order valence-corrected chi connectivity index (χ4v) is 3.75. The number of nitrogens with zero attached hydrogens (tertiary/aromatic N) is 1. The zero-order chi connectivity index (χ0) is 24.7. The Hall–Kier alpha value is -4.01. The number of esters is 1. The molecule has 0 radical (unpaired) electrons. The fourth-order valence-electron chi connectivity index (χ4n) is 3.75. The van der Waals surface area contributed by atoms with Crippen molar-refractivity contribution in [1.29, 1.82) is 0 Å². The summed E-state index contributed by atoms with van der Waals surface area (Å²) in [6, 6.07) is 12.7. The Morgan fingerprint density at radius 1 is 1.00 bits per heavy atom. The molecule has 0 saturated carbocycles. The van der Waals surface area contributed by atoms with Crippen molar-refractivity contribution < 1.29 is 23.9 Å². The molecule has 0 saturated heterocycles. The number of carbonyl (C=O) groups excluding carboxylic acids is 3. The topological polar surface area (TPSA) is 109 Å². The first-order valence-electron chi connectivity index (χ1n) is 11.2. The first kappa shape index (κ1) is 24.6. The van der Waals surface area contributed by atoms with Crippen LogP contribution in [0.15, 0.2) is 59.8 Å². The monoisotopic (exact) mass is 466 g/mol. The standard InChI is InChI=1S/C25H30N4O5/c1-5-15-29-16(3)21(23(30)33-4)22(28-25(29)32)17-7-9-18(10-8-17)26-24(31)27-19-11-13-20(14-12-19)34-6-2/h7-14,22H,5-6,15H2,1-4H3,(H,28,32)(H2,26,27,31). The minimum atomic E-state index is -0.653. The molecular weight excluding hydrogens is 436 g/mol. The van der Waals surface area contributed by atoms with E-state index in [-0.39, 0.29) is 6.03 Å². The van der Waals surface area contributed by atoms with E-state index in [2.05, 4.69) is 16.0 Å². The Balaban J connectivity index is 1.73. The van der Waals surface area contributed by atoms with E-state index in [1.807, 2.05) is 13.8 Å². The first-order valence-corrected chi connectivity index (χ1v) is 11.2. The lowest BCUT2D eigenvalue weighted by molar-refractivity contribution is -0.136. The molecule has 1 aliphatic rings. The molecule has 3 N–H and O–H groups in total. The van der Waals surface area contributed by atoms with Crippen molar-refractivity contribution in [3.8, 4) is 5.75 Å². The van der Waals surface area contributed by atoms with Gasteiger partial charge in [-0.25, -0.2) is 14.4 Å². The zero-order valence-electron chi connectivity index (χ0n) is 19.8. The Morgan fingerprint density at radius 2 is 1.59 bits per heavy atom. The molecule has 1 heterocycles. The number of benzene rings is 2. The van der Waals surface area contributed by atoms with Gasteiger partial charge in [0.2, 0.25) is 0 Å². The van der Waals surface area contributed by atoms with Gasteiger partial charge in [0.1, 0.15) is 5.75 Å². The maximum atomic E-state index is 12.6. The number of amides is 4. The van der Waals surface area contributed by atoms with Crippen LogP contribution in [0.4, 0.5) is 21.0 Å². The molecule has 0 aliphatic carbocycles. The van der Waals surface area contributed by atoms with Crippen LogP contribution < -0.4 is 20.7 Å². The third kappa shape index (κ3) is 5.67. The van der Waals surface area contributed by atoms with Gasteiger partial charge in [0.05, 0.1) is 25.3 Å². The van der Waals surface area contributed by atoms with E-state index in [9.17, 15) is 14.4 Å². The maximum absolute atomic E-state index is 12.6. The third-order valence-corrected chi connectivity index (χ3v) is 5.37. The summed E-state index contributed by atoms with van der Waals surface area (Å²) in [6.07, 6.45) is 0.753. The molecule has 3 rings (SSSR count). The molecular formula is C25H30N4O5. The highest BCUT2D eigenvalue weighted by Crippen LogP contribution is 2.32. The maximum Gasteiger partial charge on any atom is 0.337 e. The highest BCUT2D eigenvalue weighted by atomic mass is 16.5. The largest absolute Gasteiger partial charge is 0.494 e. The quantitative estimate of drug-likeness (QED) is 0.491. The highest BCUT2D eigenvalue weighted by molar-refractivity contribution is 6.00. The molecule has 34 heavy (non-hydrogen) atoms. The zero-order valence-corrected chi connectivity index (χ0v) is 19.8. The van der Waals surface area contributed by atoms with Gasteiger partial charge in [-0.05, 0) is 62.2 Å². The van der Waals surface area contributed by atoms with Crippen LogP contribution in [0.25, 0.3) is 0 Å². The molecule has 9 nitrogen and oxygen atoms in total. The van der Waals surface area contributed by atoms with Crippen LogP contribution in [-0.4, -0.2) is 43.2 Å². The third-order valence-electron chi connectivity index (χ3n) is 5.37. The molecule has 1 aliphatic heterocycles. The van der Waals surface area contributed by atoms with Crippen LogP contribution in [-0.2, 0) is 9.53 Å². The predicted octanol–water partition coefficient (Wildman–Crippen LogP) is 4.65. The summed E-state index contributed by atoms with van der Waals surface area (Å²) < 4.78 is 10.4. The minimum Gasteiger partial charge on any atom is -0.494 e. The van der Waals surface area contributed by atoms with Crippen molar-refractivity contribution in [2.24, 2.45) is 0 Å². The van der Waals surface area contributed by atoms with Gasteiger partial charge in [-0.1, -0.05) is 19.1 Å². The summed E-state index contributed by atoms with van der Waals surface area (Å²) in [6.45, 7) is 6.68. The average molecular weight is 467 g/mol. The molecule has 1 atom stereocenters. The summed E-state index contributed by atoms with van der Waals surface area (Å²) in [5.74, 6) is 0.229. The summed E-state index contributed by atoms with van der Waals surface area (Å²) in [5, 5.41) is 8.41. The van der Waals surface area contributed by atoms with Crippen molar-refractivity contribution in [1.82, 2.24) is 10.2 Å². The number of hydrogen-bond acceptors (Lipinski definition) is 5. The van der Waals surface area contributed by atoms with Crippen molar-refractivity contribution in [3.63, 3.8) is 0 Å². The molecule has 0 fully saturated rings. The molecule has 4 amide bonds. The van der Waals surface area contributed by atoms with E-state index in [4.69, 9.17) is 9.47 Å². The summed E-state index contributed by atoms with van der Waals surface area (Å²) in [7, 11) is 1.32. The second-order valence-corrected chi connectivity index (χ2v) is 7.68. The number of urea groups is 2. The van der Waals surface area contributed by atoms with E-state index >= 15 is 0 Å². The number of hydrogen-bond donors (Lipinski definition) is 3. The van der Waals surface area contributed by atoms with Crippen molar-refractivity contribution in [2.45, 2.75) is 33.2 Å². The van der Waals surface area contributed by atoms with Crippen LogP contribution in [0.5, 0.6) is 5.75 Å². The molecule has 1 unspecified atom stereocenters. The fraction of sp³-hybridized carbons (Fsp3) is 0.320. The number of nitrogens with one attached hydrogen (secondary N) is 3. The van der Waals surface area contributed by atoms with Crippen LogP contribution in [0, 0.1) is 0 Å². The van der Waals surface area contributed by atoms with Gasteiger partial charge < -0.3 is 25.4 Å². The Morgan fingerprint density at radius 3 is 2.12 bits per heavy atom. The second-order valence-electron chi connectivity index (χ2n) is 7.68. The first-order chi connectivity index (χ1) is 16.4. The lowest BCUT2D eigenvalue weighted by Crippen LogP contribution is -2.48. The summed E-state index contributed by atoms with van der Waals surface area (Å²) >= 11 is 0. The number of methoxy groups -OCH3 is 1. The van der Waals surface area contributed by atoms with Crippen molar-refractivity contribution in [3.05, 3.63) is 65.4 Å². The molecule has 0 spiro atoms. The van der Waals surface area contributed by atoms with Crippen molar-refractivity contribution in [2.75, 3.05) is 30.9 Å². The number of anilines is 2. The van der Waals surface area contributed by atoms with Gasteiger partial charge in [-0.2, -0.15) is 0 Å².